The molecule has 0 radical (unpaired) electrons. The molecule has 45 heavy (non-hydrogen) atoms. The lowest BCUT2D eigenvalue weighted by atomic mass is 10.0. The molecule has 0 bridgehead atoms. The summed E-state index contributed by atoms with van der Waals surface area (Å²) in [5.74, 6) is 1.23. The number of benzene rings is 2. The highest BCUT2D eigenvalue weighted by molar-refractivity contribution is 6.35. The summed E-state index contributed by atoms with van der Waals surface area (Å²) in [6, 6.07) is 14.2. The van der Waals surface area contributed by atoms with E-state index in [4.69, 9.17) is 37.7 Å². The molecule has 0 saturated carbocycles. The topological polar surface area (TPSA) is 108 Å². The molecular weight excluding hydrogens is 615 g/mol. The largest absolute Gasteiger partial charge is 0.490 e. The minimum absolute atomic E-state index is 0.0500. The summed E-state index contributed by atoms with van der Waals surface area (Å²) < 4.78 is 16.5. The molecule has 1 aliphatic heterocycles. The summed E-state index contributed by atoms with van der Waals surface area (Å²) in [6.45, 7) is 7.35. The Labute approximate surface area is 271 Å². The maximum Gasteiger partial charge on any atom is 0.335 e. The molecule has 0 aliphatic carbocycles. The summed E-state index contributed by atoms with van der Waals surface area (Å²) in [4.78, 5) is 27.9. The maximum atomic E-state index is 11.8. The minimum Gasteiger partial charge on any atom is -0.490 e. The quantitative estimate of drug-likeness (QED) is 0.168. The number of imidazole rings is 2. The number of carboxylic acids is 1. The number of hydrogen-bond acceptors (Lipinski definition) is 7. The summed E-state index contributed by atoms with van der Waals surface area (Å²) in [7, 11) is 0. The second kappa shape index (κ2) is 13.5. The van der Waals surface area contributed by atoms with Crippen molar-refractivity contribution in [3.63, 3.8) is 0 Å². The normalized spacial score (nSPS) is 17.1. The molecular formula is C33H34Cl2N6O4. The predicted octanol–water partition coefficient (Wildman–Crippen LogP) is 6.71. The molecule has 234 valence electrons. The number of carbonyl (C=O) groups is 1. The Hall–Kier alpha value is -4.12. The first-order chi connectivity index (χ1) is 21.8. The van der Waals surface area contributed by atoms with Crippen molar-refractivity contribution in [1.82, 2.24) is 29.0 Å². The van der Waals surface area contributed by atoms with Crippen molar-refractivity contribution < 1.29 is 19.4 Å². The van der Waals surface area contributed by atoms with E-state index in [1.165, 1.54) is 0 Å². The molecule has 2 aromatic carbocycles. The lowest BCUT2D eigenvalue weighted by Gasteiger charge is -2.37. The van der Waals surface area contributed by atoms with Crippen LogP contribution in [-0.2, 0) is 26.2 Å². The monoisotopic (exact) mass is 648 g/mol. The molecule has 2 atom stereocenters. The second-order valence-electron chi connectivity index (χ2n) is 11.2. The molecule has 0 unspecified atom stereocenters. The summed E-state index contributed by atoms with van der Waals surface area (Å²) >= 11 is 12.2. The first-order valence-electron chi connectivity index (χ1n) is 14.9. The Morgan fingerprint density at radius 1 is 1.11 bits per heavy atom. The van der Waals surface area contributed by atoms with Crippen LogP contribution in [0.3, 0.4) is 0 Å². The minimum atomic E-state index is -0.958. The van der Waals surface area contributed by atoms with Gasteiger partial charge in [-0.05, 0) is 69.2 Å². The number of aryl methyl sites for hydroxylation is 1. The number of fused-ring (bicyclic) bond motifs is 1. The van der Waals surface area contributed by atoms with E-state index in [-0.39, 0.29) is 24.3 Å². The van der Waals surface area contributed by atoms with E-state index in [0.717, 1.165) is 59.9 Å². The second-order valence-corrected chi connectivity index (χ2v) is 12.1. The molecule has 1 saturated heterocycles. The number of halogens is 2. The number of aromatic nitrogens is 5. The first kappa shape index (κ1) is 30.9. The number of pyridine rings is 1. The van der Waals surface area contributed by atoms with Crippen LogP contribution in [0, 0.1) is 0 Å². The van der Waals surface area contributed by atoms with E-state index in [1.54, 1.807) is 42.6 Å². The van der Waals surface area contributed by atoms with Gasteiger partial charge in [-0.2, -0.15) is 0 Å². The SMILES string of the molecule is CCn1cncc1Cn1c(CN2CC[C@H](Oc3ccnc(COc4ccc(Cl)cc4Cl)c3)C[C@@H]2C)nc2ccc(C(=O)O)cc21. The molecule has 0 amide bonds. The van der Waals surface area contributed by atoms with Crippen molar-refractivity contribution in [2.75, 3.05) is 6.54 Å². The molecule has 5 aromatic rings. The molecule has 12 heteroatoms. The number of likely N-dealkylation sites (tertiary alicyclic amines) is 1. The van der Waals surface area contributed by atoms with Crippen molar-refractivity contribution in [2.45, 2.75) is 65.1 Å². The molecule has 1 N–H and O–H groups in total. The number of hydrogen-bond donors (Lipinski definition) is 1. The van der Waals surface area contributed by atoms with Crippen LogP contribution in [0.5, 0.6) is 11.5 Å². The fraction of sp³-hybridized carbons (Fsp3) is 0.333. The van der Waals surface area contributed by atoms with E-state index in [1.807, 2.05) is 24.7 Å². The van der Waals surface area contributed by atoms with Gasteiger partial charge in [0, 0.05) is 42.6 Å². The van der Waals surface area contributed by atoms with Crippen molar-refractivity contribution in [1.29, 1.82) is 0 Å². The van der Waals surface area contributed by atoms with Gasteiger partial charge in [-0.3, -0.25) is 9.88 Å². The lowest BCUT2D eigenvalue weighted by Crippen LogP contribution is -2.44. The number of rotatable bonds is 11. The zero-order valence-electron chi connectivity index (χ0n) is 25.1. The van der Waals surface area contributed by atoms with Gasteiger partial charge in [0.2, 0.25) is 0 Å². The van der Waals surface area contributed by atoms with Crippen LogP contribution in [-0.4, -0.2) is 58.8 Å². The molecule has 1 aliphatic rings. The van der Waals surface area contributed by atoms with Crippen molar-refractivity contribution in [2.24, 2.45) is 0 Å². The van der Waals surface area contributed by atoms with Crippen LogP contribution in [0.15, 0.2) is 67.3 Å². The Bertz CT molecular complexity index is 1820. The number of carboxylic acid groups (broad SMARTS) is 1. The average molecular weight is 650 g/mol. The molecule has 0 spiro atoms. The van der Waals surface area contributed by atoms with E-state index in [0.29, 0.717) is 28.9 Å². The highest BCUT2D eigenvalue weighted by Crippen LogP contribution is 2.29. The molecule has 3 aromatic heterocycles. The van der Waals surface area contributed by atoms with Crippen molar-refractivity contribution in [3.05, 3.63) is 100 Å². The average Bonchev–Trinajstić information content (AvgIpc) is 3.62. The Kier molecular flexibility index (Phi) is 9.25. The standard InChI is InChI=1S/C33H34Cl2N6O4/c1-3-39-20-36-16-25(39)17-41-30-13-22(33(42)43)4-6-29(30)38-32(41)18-40-11-9-27(12-21(40)2)45-26-8-10-37-24(15-26)19-44-31-7-5-23(34)14-28(31)35/h4-8,10,13-16,20-21,27H,3,9,11-12,17-19H2,1-2H3,(H,42,43)/t21-,27-/m0/s1. The van der Waals surface area contributed by atoms with E-state index < -0.39 is 5.97 Å². The van der Waals surface area contributed by atoms with Gasteiger partial charge in [-0.25, -0.2) is 14.8 Å². The first-order valence-corrected chi connectivity index (χ1v) is 15.7. The molecule has 6 rings (SSSR count). The predicted molar refractivity (Wildman–Crippen MR) is 172 cm³/mol. The summed E-state index contributed by atoms with van der Waals surface area (Å²) in [6.07, 6.45) is 7.15. The van der Waals surface area contributed by atoms with Crippen LogP contribution in [0.2, 0.25) is 10.0 Å². The third-order valence-electron chi connectivity index (χ3n) is 8.20. The number of ether oxygens (including phenoxy) is 2. The zero-order chi connectivity index (χ0) is 31.5. The van der Waals surface area contributed by atoms with Gasteiger partial charge in [0.25, 0.3) is 0 Å². The van der Waals surface area contributed by atoms with Crippen LogP contribution in [0.25, 0.3) is 11.0 Å². The third kappa shape index (κ3) is 7.08. The number of aromatic carboxylic acids is 1. The van der Waals surface area contributed by atoms with Crippen molar-refractivity contribution >= 4 is 40.2 Å². The van der Waals surface area contributed by atoms with Gasteiger partial charge >= 0.3 is 5.97 Å². The van der Waals surface area contributed by atoms with Gasteiger partial charge in [0.05, 0.1) is 52.4 Å². The fourth-order valence-corrected chi connectivity index (χ4v) is 6.24. The lowest BCUT2D eigenvalue weighted by molar-refractivity contribution is 0.0564. The van der Waals surface area contributed by atoms with Crippen LogP contribution >= 0.6 is 23.2 Å². The maximum absolute atomic E-state index is 11.8. The Morgan fingerprint density at radius 3 is 2.76 bits per heavy atom. The van der Waals surface area contributed by atoms with E-state index in [9.17, 15) is 9.90 Å². The fourth-order valence-electron chi connectivity index (χ4n) is 5.78. The molecule has 4 heterocycles. The number of piperidine rings is 1. The van der Waals surface area contributed by atoms with Gasteiger partial charge < -0.3 is 23.7 Å². The van der Waals surface area contributed by atoms with Gasteiger partial charge in [-0.15, -0.1) is 0 Å². The van der Waals surface area contributed by atoms with Crippen molar-refractivity contribution in [3.8, 4) is 11.5 Å². The van der Waals surface area contributed by atoms with Crippen LogP contribution < -0.4 is 9.47 Å². The van der Waals surface area contributed by atoms with Crippen LogP contribution in [0.4, 0.5) is 0 Å². The molecule has 1 fully saturated rings. The van der Waals surface area contributed by atoms with Crippen LogP contribution in [0.1, 0.15) is 54.3 Å². The summed E-state index contributed by atoms with van der Waals surface area (Å²) in [5.41, 5.74) is 3.59. The van der Waals surface area contributed by atoms with E-state index in [2.05, 4.69) is 37.8 Å². The van der Waals surface area contributed by atoms with Gasteiger partial charge in [-0.1, -0.05) is 23.2 Å². The van der Waals surface area contributed by atoms with E-state index >= 15 is 0 Å². The Morgan fingerprint density at radius 2 is 1.98 bits per heavy atom. The Balaban J connectivity index is 1.13. The zero-order valence-corrected chi connectivity index (χ0v) is 26.6. The van der Waals surface area contributed by atoms with Gasteiger partial charge in [0.15, 0.2) is 0 Å². The summed E-state index contributed by atoms with van der Waals surface area (Å²) in [5, 5.41) is 10.6. The van der Waals surface area contributed by atoms with Gasteiger partial charge in [0.1, 0.15) is 30.0 Å². The number of nitrogens with zero attached hydrogens (tertiary/aromatic N) is 6. The highest BCUT2D eigenvalue weighted by Gasteiger charge is 2.28. The third-order valence-corrected chi connectivity index (χ3v) is 8.73. The molecule has 10 nitrogen and oxygen atoms in total. The smallest absolute Gasteiger partial charge is 0.335 e. The highest BCUT2D eigenvalue weighted by atomic mass is 35.5.